The molecule has 2 atom stereocenters. The van der Waals surface area contributed by atoms with Gasteiger partial charge in [-0.25, -0.2) is 8.78 Å². The van der Waals surface area contributed by atoms with Crippen molar-refractivity contribution in [3.05, 3.63) is 46.8 Å². The maximum Gasteiger partial charge on any atom is 0.401 e. The van der Waals surface area contributed by atoms with Crippen LogP contribution in [0.3, 0.4) is 0 Å². The van der Waals surface area contributed by atoms with E-state index in [0.29, 0.717) is 56.1 Å². The van der Waals surface area contributed by atoms with E-state index in [-0.39, 0.29) is 17.0 Å². The number of hydrogen-bond donors (Lipinski definition) is 1. The van der Waals surface area contributed by atoms with Gasteiger partial charge in [0.15, 0.2) is 0 Å². The number of halogens is 5. The number of hydrogen-bond acceptors (Lipinski definition) is 5. The Kier molecular flexibility index (Phi) is 6.53. The zero-order valence-corrected chi connectivity index (χ0v) is 23.2. The van der Waals surface area contributed by atoms with E-state index < -0.39 is 19.1 Å². The SMILES string of the molecule is Cn1cc(-c2cc3c(cc2C(F)F)N(C2=N[C@@]4(C5CCN(CC(F)(F)F)CC5)CC4C4=C2CNCC4)CCC3)cn1. The highest BCUT2D eigenvalue weighted by atomic mass is 19.4. The lowest BCUT2D eigenvalue weighted by Crippen LogP contribution is -2.47. The molecule has 0 spiro atoms. The highest BCUT2D eigenvalue weighted by molar-refractivity contribution is 6.12. The van der Waals surface area contributed by atoms with Crippen LogP contribution in [-0.4, -0.2) is 71.5 Å². The van der Waals surface area contributed by atoms with E-state index >= 15 is 0 Å². The Labute approximate surface area is 236 Å². The van der Waals surface area contributed by atoms with Crippen LogP contribution in [0.1, 0.15) is 49.7 Å². The van der Waals surface area contributed by atoms with Gasteiger partial charge in [0.05, 0.1) is 18.3 Å². The molecule has 5 heterocycles. The largest absolute Gasteiger partial charge is 0.401 e. The molecule has 5 aliphatic rings. The molecule has 1 saturated carbocycles. The first-order valence-corrected chi connectivity index (χ1v) is 14.7. The van der Waals surface area contributed by atoms with Crippen molar-refractivity contribution in [2.45, 2.75) is 56.7 Å². The first-order valence-electron chi connectivity index (χ1n) is 14.7. The van der Waals surface area contributed by atoms with Crippen molar-refractivity contribution < 1.29 is 22.0 Å². The molecular formula is C30H35F5N6. The van der Waals surface area contributed by atoms with Gasteiger partial charge in [-0.15, -0.1) is 0 Å². The molecule has 1 saturated heterocycles. The fraction of sp³-hybridized carbons (Fsp3) is 0.600. The van der Waals surface area contributed by atoms with Crippen LogP contribution in [0.2, 0.25) is 0 Å². The molecule has 0 radical (unpaired) electrons. The molecule has 6 nitrogen and oxygen atoms in total. The summed E-state index contributed by atoms with van der Waals surface area (Å²) < 4.78 is 69.6. The summed E-state index contributed by atoms with van der Waals surface area (Å²) >= 11 is 0. The van der Waals surface area contributed by atoms with Crippen molar-refractivity contribution in [3.8, 4) is 11.1 Å². The van der Waals surface area contributed by atoms with Gasteiger partial charge in [-0.05, 0) is 87.3 Å². The van der Waals surface area contributed by atoms with Crippen LogP contribution < -0.4 is 10.2 Å². The van der Waals surface area contributed by atoms with Crippen LogP contribution in [0.5, 0.6) is 0 Å². The van der Waals surface area contributed by atoms with E-state index in [4.69, 9.17) is 4.99 Å². The van der Waals surface area contributed by atoms with Gasteiger partial charge in [0, 0.05) is 54.6 Å². The minimum Gasteiger partial charge on any atom is -0.326 e. The van der Waals surface area contributed by atoms with Gasteiger partial charge in [-0.3, -0.25) is 14.6 Å². The number of alkyl halides is 5. The molecule has 11 heteroatoms. The Morgan fingerprint density at radius 2 is 1.93 bits per heavy atom. The number of anilines is 1. The summed E-state index contributed by atoms with van der Waals surface area (Å²) in [6.45, 7) is 2.29. The van der Waals surface area contributed by atoms with E-state index in [1.165, 1.54) is 16.0 Å². The molecule has 2 fully saturated rings. The van der Waals surface area contributed by atoms with Crippen molar-refractivity contribution in [1.29, 1.82) is 0 Å². The Morgan fingerprint density at radius 3 is 2.63 bits per heavy atom. The smallest absolute Gasteiger partial charge is 0.326 e. The third kappa shape index (κ3) is 4.78. The van der Waals surface area contributed by atoms with Crippen LogP contribution in [0, 0.1) is 11.8 Å². The number of benzene rings is 1. The average Bonchev–Trinajstić information content (AvgIpc) is 3.55. The molecule has 41 heavy (non-hydrogen) atoms. The van der Waals surface area contributed by atoms with Crippen molar-refractivity contribution in [1.82, 2.24) is 20.0 Å². The monoisotopic (exact) mass is 574 g/mol. The minimum absolute atomic E-state index is 0.00733. The molecule has 7 rings (SSSR count). The standard InChI is InChI=1S/C30H35F5N6/c1-39-16-19(14-37-39)22-11-18-3-2-8-41(26(18)12-23(22)27(31)32)28-24-15-36-7-4-21(24)25-13-29(25,38-28)20-5-9-40(10-6-20)17-30(33,34)35/h11-12,14,16,20,25,27,36H,2-10,13,15,17H2,1H3/t25?,29-/m1/s1. The first-order chi connectivity index (χ1) is 19.6. The second-order valence-electron chi connectivity index (χ2n) is 12.3. The zero-order chi connectivity index (χ0) is 28.5. The van der Waals surface area contributed by atoms with E-state index in [2.05, 4.69) is 15.3 Å². The quantitative estimate of drug-likeness (QED) is 0.490. The number of fused-ring (bicyclic) bond motifs is 3. The predicted molar refractivity (Wildman–Crippen MR) is 147 cm³/mol. The molecule has 0 amide bonds. The van der Waals surface area contributed by atoms with Gasteiger partial charge in [-0.1, -0.05) is 5.57 Å². The molecule has 1 unspecified atom stereocenters. The van der Waals surface area contributed by atoms with Crippen molar-refractivity contribution >= 4 is 11.5 Å². The molecule has 0 bridgehead atoms. The summed E-state index contributed by atoms with van der Waals surface area (Å²) in [6.07, 6.45) is 1.50. The number of aromatic nitrogens is 2. The fourth-order valence-electron chi connectivity index (χ4n) is 7.86. The Balaban J connectivity index is 1.25. The Hall–Kier alpha value is -2.79. The molecule has 2 aromatic rings. The Morgan fingerprint density at radius 1 is 1.12 bits per heavy atom. The molecular weight excluding hydrogens is 539 g/mol. The normalized spacial score (nSPS) is 27.0. The highest BCUT2D eigenvalue weighted by Gasteiger charge is 2.63. The molecule has 1 aliphatic carbocycles. The lowest BCUT2D eigenvalue weighted by atomic mass is 9.81. The zero-order valence-electron chi connectivity index (χ0n) is 23.2. The van der Waals surface area contributed by atoms with Gasteiger partial charge in [0.25, 0.3) is 6.43 Å². The van der Waals surface area contributed by atoms with Gasteiger partial charge in [0.2, 0.25) is 0 Å². The third-order valence-corrected chi connectivity index (χ3v) is 9.81. The number of likely N-dealkylation sites (tertiary alicyclic amines) is 1. The van der Waals surface area contributed by atoms with Crippen LogP contribution in [0.25, 0.3) is 11.1 Å². The fourth-order valence-corrected chi connectivity index (χ4v) is 7.86. The number of amidine groups is 1. The summed E-state index contributed by atoms with van der Waals surface area (Å²) in [7, 11) is 1.78. The predicted octanol–water partition coefficient (Wildman–Crippen LogP) is 5.51. The lowest BCUT2D eigenvalue weighted by Gasteiger charge is -2.41. The lowest BCUT2D eigenvalue weighted by molar-refractivity contribution is -0.148. The number of piperidine rings is 1. The van der Waals surface area contributed by atoms with Crippen LogP contribution in [0.15, 0.2) is 40.7 Å². The van der Waals surface area contributed by atoms with E-state index in [1.807, 2.05) is 6.07 Å². The van der Waals surface area contributed by atoms with Gasteiger partial charge in [0.1, 0.15) is 5.84 Å². The van der Waals surface area contributed by atoms with Gasteiger partial charge < -0.3 is 10.2 Å². The van der Waals surface area contributed by atoms with Gasteiger partial charge >= 0.3 is 6.18 Å². The first kappa shape index (κ1) is 27.1. The van der Waals surface area contributed by atoms with Crippen molar-refractivity contribution in [2.75, 3.05) is 44.2 Å². The summed E-state index contributed by atoms with van der Waals surface area (Å²) in [5, 5.41) is 7.69. The number of aliphatic imine (C=N–C) groups is 1. The van der Waals surface area contributed by atoms with Crippen LogP contribution in [0.4, 0.5) is 27.6 Å². The molecule has 1 aromatic heterocycles. The second-order valence-corrected chi connectivity index (χ2v) is 12.3. The number of aryl methyl sites for hydroxylation is 2. The van der Waals surface area contributed by atoms with Crippen LogP contribution >= 0.6 is 0 Å². The number of rotatable bonds is 4. The molecule has 4 aliphatic heterocycles. The van der Waals surface area contributed by atoms with E-state index in [1.54, 1.807) is 30.2 Å². The second kappa shape index (κ2) is 9.90. The van der Waals surface area contributed by atoms with Crippen LogP contribution in [-0.2, 0) is 13.5 Å². The maximum atomic E-state index is 14.5. The van der Waals surface area contributed by atoms with Gasteiger partial charge in [-0.2, -0.15) is 18.3 Å². The maximum absolute atomic E-state index is 14.5. The number of nitrogens with zero attached hydrogens (tertiary/aromatic N) is 5. The van der Waals surface area contributed by atoms with E-state index in [9.17, 15) is 22.0 Å². The molecule has 1 N–H and O–H groups in total. The average molecular weight is 575 g/mol. The number of nitrogens with one attached hydrogen (secondary N) is 1. The third-order valence-electron chi connectivity index (χ3n) is 9.81. The van der Waals surface area contributed by atoms with Crippen molar-refractivity contribution in [2.24, 2.45) is 23.9 Å². The molecule has 1 aromatic carbocycles. The van der Waals surface area contributed by atoms with Crippen molar-refractivity contribution in [3.63, 3.8) is 0 Å². The minimum atomic E-state index is -4.19. The summed E-state index contributed by atoms with van der Waals surface area (Å²) in [5.41, 5.74) is 5.33. The summed E-state index contributed by atoms with van der Waals surface area (Å²) in [6, 6.07) is 3.56. The highest BCUT2D eigenvalue weighted by Crippen LogP contribution is 2.62. The summed E-state index contributed by atoms with van der Waals surface area (Å²) in [5.74, 6) is 1.45. The number of dihydropyridines is 1. The topological polar surface area (TPSA) is 48.7 Å². The van der Waals surface area contributed by atoms with E-state index in [0.717, 1.165) is 49.3 Å². The molecule has 220 valence electrons. The Bertz CT molecular complexity index is 1400. The summed E-state index contributed by atoms with van der Waals surface area (Å²) in [4.78, 5) is 9.16.